The Balaban J connectivity index is 1.95. The Morgan fingerprint density at radius 1 is 1.14 bits per heavy atom. The first kappa shape index (κ1) is 15.4. The van der Waals surface area contributed by atoms with Crippen molar-refractivity contribution in [2.24, 2.45) is 0 Å². The predicted molar refractivity (Wildman–Crippen MR) is 84.6 cm³/mol. The van der Waals surface area contributed by atoms with Crippen LogP contribution >= 0.6 is 11.6 Å². The summed E-state index contributed by atoms with van der Waals surface area (Å²) in [5, 5.41) is 0.651. The van der Waals surface area contributed by atoms with E-state index < -0.39 is 0 Å². The number of hydrogen-bond donors (Lipinski definition) is 0. The molecule has 0 aliphatic heterocycles. The maximum Gasteiger partial charge on any atom is 0.227 e. The third-order valence-electron chi connectivity index (χ3n) is 3.25. The topological polar surface area (TPSA) is 29.5 Å². The SMILES string of the molecule is COc1ccc(CN(C)C(=O)Cc2cccc(Cl)c2)cc1. The molecule has 0 bridgehead atoms. The maximum absolute atomic E-state index is 12.2. The Hall–Kier alpha value is -2.00. The van der Waals surface area contributed by atoms with Crippen molar-refractivity contribution in [1.29, 1.82) is 0 Å². The molecule has 0 saturated heterocycles. The minimum atomic E-state index is 0.0630. The standard InChI is InChI=1S/C17H18ClNO2/c1-19(12-13-6-8-16(21-2)9-7-13)17(20)11-14-4-3-5-15(18)10-14/h3-10H,11-12H2,1-2H3. The van der Waals surface area contributed by atoms with Crippen molar-refractivity contribution in [2.75, 3.05) is 14.2 Å². The molecule has 4 heteroatoms. The van der Waals surface area contributed by atoms with E-state index in [0.29, 0.717) is 18.0 Å². The molecule has 0 radical (unpaired) electrons. The Kier molecular flexibility index (Phi) is 5.23. The lowest BCUT2D eigenvalue weighted by Gasteiger charge is -2.17. The molecule has 0 heterocycles. The molecule has 2 rings (SSSR count). The van der Waals surface area contributed by atoms with Crippen molar-refractivity contribution < 1.29 is 9.53 Å². The summed E-state index contributed by atoms with van der Waals surface area (Å²) in [4.78, 5) is 13.9. The number of methoxy groups -OCH3 is 1. The highest BCUT2D eigenvalue weighted by atomic mass is 35.5. The van der Waals surface area contributed by atoms with E-state index in [-0.39, 0.29) is 5.91 Å². The molecule has 3 nitrogen and oxygen atoms in total. The van der Waals surface area contributed by atoms with E-state index >= 15 is 0 Å². The van der Waals surface area contributed by atoms with Gasteiger partial charge in [0.15, 0.2) is 0 Å². The molecule has 0 atom stereocenters. The van der Waals surface area contributed by atoms with Gasteiger partial charge < -0.3 is 9.64 Å². The van der Waals surface area contributed by atoms with Crippen molar-refractivity contribution in [2.45, 2.75) is 13.0 Å². The molecule has 2 aromatic carbocycles. The minimum absolute atomic E-state index is 0.0630. The summed E-state index contributed by atoms with van der Waals surface area (Å²) in [5.74, 6) is 0.875. The molecule has 110 valence electrons. The number of nitrogens with zero attached hydrogens (tertiary/aromatic N) is 1. The van der Waals surface area contributed by atoms with Gasteiger partial charge in [-0.2, -0.15) is 0 Å². The first-order valence-corrected chi connectivity index (χ1v) is 7.07. The van der Waals surface area contributed by atoms with Crippen LogP contribution in [0.3, 0.4) is 0 Å². The highest BCUT2D eigenvalue weighted by molar-refractivity contribution is 6.30. The Morgan fingerprint density at radius 2 is 1.86 bits per heavy atom. The van der Waals surface area contributed by atoms with Crippen molar-refractivity contribution in [3.05, 3.63) is 64.7 Å². The van der Waals surface area contributed by atoms with Gasteiger partial charge in [-0.05, 0) is 35.4 Å². The largest absolute Gasteiger partial charge is 0.497 e. The van der Waals surface area contributed by atoms with Crippen molar-refractivity contribution in [3.8, 4) is 5.75 Å². The number of amides is 1. The molecule has 21 heavy (non-hydrogen) atoms. The molecule has 0 N–H and O–H groups in total. The molecule has 0 fully saturated rings. The summed E-state index contributed by atoms with van der Waals surface area (Å²) in [6.07, 6.45) is 0.354. The van der Waals surface area contributed by atoms with Gasteiger partial charge in [0.25, 0.3) is 0 Å². The van der Waals surface area contributed by atoms with E-state index in [4.69, 9.17) is 16.3 Å². The van der Waals surface area contributed by atoms with Crippen LogP contribution in [0.4, 0.5) is 0 Å². The molecule has 0 unspecified atom stereocenters. The monoisotopic (exact) mass is 303 g/mol. The van der Waals surface area contributed by atoms with Crippen LogP contribution in [0, 0.1) is 0 Å². The predicted octanol–water partition coefficient (Wildman–Crippen LogP) is 3.55. The van der Waals surface area contributed by atoms with Crippen molar-refractivity contribution >= 4 is 17.5 Å². The zero-order valence-corrected chi connectivity index (χ0v) is 12.9. The van der Waals surface area contributed by atoms with Gasteiger partial charge in [-0.3, -0.25) is 4.79 Å². The van der Waals surface area contributed by atoms with Crippen LogP contribution in [0.5, 0.6) is 5.75 Å². The summed E-state index contributed by atoms with van der Waals surface area (Å²) < 4.78 is 5.12. The summed E-state index contributed by atoms with van der Waals surface area (Å²) in [7, 11) is 3.44. The molecule has 0 aliphatic carbocycles. The smallest absolute Gasteiger partial charge is 0.227 e. The van der Waals surface area contributed by atoms with Crippen LogP contribution in [0.2, 0.25) is 5.02 Å². The fourth-order valence-corrected chi connectivity index (χ4v) is 2.26. The number of likely N-dealkylation sites (N-methyl/N-ethyl adjacent to an activating group) is 1. The number of carbonyl (C=O) groups excluding carboxylic acids is 1. The third kappa shape index (κ3) is 4.50. The average molecular weight is 304 g/mol. The Bertz CT molecular complexity index is 610. The molecule has 0 aliphatic rings. The number of halogens is 1. The number of hydrogen-bond acceptors (Lipinski definition) is 2. The number of rotatable bonds is 5. The van der Waals surface area contributed by atoms with E-state index in [9.17, 15) is 4.79 Å². The number of carbonyl (C=O) groups is 1. The minimum Gasteiger partial charge on any atom is -0.497 e. The van der Waals surface area contributed by atoms with Gasteiger partial charge in [-0.1, -0.05) is 35.9 Å². The highest BCUT2D eigenvalue weighted by Crippen LogP contribution is 2.14. The maximum atomic E-state index is 12.2. The fourth-order valence-electron chi connectivity index (χ4n) is 2.05. The van der Waals surface area contributed by atoms with E-state index in [1.165, 1.54) is 0 Å². The van der Waals surface area contributed by atoms with E-state index in [1.807, 2.05) is 42.5 Å². The first-order chi connectivity index (χ1) is 10.1. The fraction of sp³-hybridized carbons (Fsp3) is 0.235. The van der Waals surface area contributed by atoms with Crippen molar-refractivity contribution in [1.82, 2.24) is 4.90 Å². The number of ether oxygens (including phenoxy) is 1. The molecule has 0 saturated carbocycles. The van der Waals surface area contributed by atoms with Gasteiger partial charge in [0.2, 0.25) is 5.91 Å². The van der Waals surface area contributed by atoms with Crippen molar-refractivity contribution in [3.63, 3.8) is 0 Å². The summed E-state index contributed by atoms with van der Waals surface area (Å²) in [6.45, 7) is 0.573. The quantitative estimate of drug-likeness (QED) is 0.845. The average Bonchev–Trinajstić information content (AvgIpc) is 2.48. The van der Waals surface area contributed by atoms with Crippen LogP contribution in [0.1, 0.15) is 11.1 Å². The van der Waals surface area contributed by atoms with Gasteiger partial charge in [-0.25, -0.2) is 0 Å². The molecule has 2 aromatic rings. The summed E-state index contributed by atoms with van der Waals surface area (Å²) >= 11 is 5.93. The van der Waals surface area contributed by atoms with E-state index in [0.717, 1.165) is 16.9 Å². The second-order valence-electron chi connectivity index (χ2n) is 4.90. The Labute approximate surface area is 130 Å². The lowest BCUT2D eigenvalue weighted by Crippen LogP contribution is -2.27. The van der Waals surface area contributed by atoms with Crippen LogP contribution in [0.15, 0.2) is 48.5 Å². The first-order valence-electron chi connectivity index (χ1n) is 6.70. The normalized spacial score (nSPS) is 10.2. The van der Waals surface area contributed by atoms with Gasteiger partial charge >= 0.3 is 0 Å². The van der Waals surface area contributed by atoms with E-state index in [2.05, 4.69) is 0 Å². The molecule has 0 aromatic heterocycles. The lowest BCUT2D eigenvalue weighted by molar-refractivity contribution is -0.129. The molecular weight excluding hydrogens is 286 g/mol. The molecular formula is C17H18ClNO2. The van der Waals surface area contributed by atoms with Crippen LogP contribution in [0.25, 0.3) is 0 Å². The van der Waals surface area contributed by atoms with Crippen LogP contribution < -0.4 is 4.74 Å². The van der Waals surface area contributed by atoms with Crippen LogP contribution in [-0.2, 0) is 17.8 Å². The van der Waals surface area contributed by atoms with Gasteiger partial charge in [0.05, 0.1) is 13.5 Å². The van der Waals surface area contributed by atoms with Gasteiger partial charge in [0.1, 0.15) is 5.75 Å². The van der Waals surface area contributed by atoms with Gasteiger partial charge in [0, 0.05) is 18.6 Å². The lowest BCUT2D eigenvalue weighted by atomic mass is 10.1. The second-order valence-corrected chi connectivity index (χ2v) is 5.34. The highest BCUT2D eigenvalue weighted by Gasteiger charge is 2.10. The summed E-state index contributed by atoms with van der Waals surface area (Å²) in [5.41, 5.74) is 1.99. The third-order valence-corrected chi connectivity index (χ3v) is 3.48. The number of benzene rings is 2. The molecule has 0 spiro atoms. The zero-order valence-electron chi connectivity index (χ0n) is 12.2. The van der Waals surface area contributed by atoms with E-state index in [1.54, 1.807) is 25.1 Å². The zero-order chi connectivity index (χ0) is 15.2. The van der Waals surface area contributed by atoms with Gasteiger partial charge in [-0.15, -0.1) is 0 Å². The molecule has 1 amide bonds. The second kappa shape index (κ2) is 7.14. The van der Waals surface area contributed by atoms with Crippen LogP contribution in [-0.4, -0.2) is 25.0 Å². The summed E-state index contributed by atoms with van der Waals surface area (Å²) in [6, 6.07) is 15.1. The Morgan fingerprint density at radius 3 is 2.48 bits per heavy atom.